The van der Waals surface area contributed by atoms with Gasteiger partial charge in [-0.15, -0.1) is 0 Å². The first kappa shape index (κ1) is 12.7. The SMILES string of the molecule is CC(Nc1nc(C(F)(F)F)ccc1C#N)C1CC1. The summed E-state index contributed by atoms with van der Waals surface area (Å²) in [5.74, 6) is 0.486. The Bertz CT molecular complexity index is 486. The van der Waals surface area contributed by atoms with Crippen LogP contribution in [0.5, 0.6) is 0 Å². The largest absolute Gasteiger partial charge is 0.433 e. The topological polar surface area (TPSA) is 48.7 Å². The van der Waals surface area contributed by atoms with E-state index in [9.17, 15) is 13.2 Å². The monoisotopic (exact) mass is 255 g/mol. The van der Waals surface area contributed by atoms with Crippen molar-refractivity contribution in [1.29, 1.82) is 5.26 Å². The summed E-state index contributed by atoms with van der Waals surface area (Å²) in [7, 11) is 0. The van der Waals surface area contributed by atoms with Crippen molar-refractivity contribution < 1.29 is 13.2 Å². The van der Waals surface area contributed by atoms with Crippen LogP contribution in [-0.2, 0) is 6.18 Å². The van der Waals surface area contributed by atoms with Crippen LogP contribution in [0.2, 0.25) is 0 Å². The minimum Gasteiger partial charge on any atom is -0.366 e. The van der Waals surface area contributed by atoms with Gasteiger partial charge in [-0.2, -0.15) is 18.4 Å². The maximum atomic E-state index is 12.5. The van der Waals surface area contributed by atoms with Gasteiger partial charge in [0.15, 0.2) is 0 Å². The van der Waals surface area contributed by atoms with Crippen LogP contribution in [0.15, 0.2) is 12.1 Å². The fourth-order valence-corrected chi connectivity index (χ4v) is 1.75. The summed E-state index contributed by atoms with van der Waals surface area (Å²) in [6.45, 7) is 1.89. The average Bonchev–Trinajstić information content (AvgIpc) is 3.11. The zero-order chi connectivity index (χ0) is 13.3. The number of hydrogen-bond acceptors (Lipinski definition) is 3. The Morgan fingerprint density at radius 2 is 2.11 bits per heavy atom. The van der Waals surface area contributed by atoms with Crippen molar-refractivity contribution in [2.45, 2.75) is 32.0 Å². The van der Waals surface area contributed by atoms with Crippen molar-refractivity contribution in [2.75, 3.05) is 5.32 Å². The summed E-state index contributed by atoms with van der Waals surface area (Å²) in [6.07, 6.45) is -2.36. The number of nitrogens with zero attached hydrogens (tertiary/aromatic N) is 2. The van der Waals surface area contributed by atoms with E-state index in [0.29, 0.717) is 5.92 Å². The van der Waals surface area contributed by atoms with Crippen LogP contribution in [0.1, 0.15) is 31.0 Å². The van der Waals surface area contributed by atoms with E-state index in [2.05, 4.69) is 10.3 Å². The highest BCUT2D eigenvalue weighted by Crippen LogP contribution is 2.35. The molecular weight excluding hydrogens is 243 g/mol. The summed E-state index contributed by atoms with van der Waals surface area (Å²) >= 11 is 0. The number of aromatic nitrogens is 1. The smallest absolute Gasteiger partial charge is 0.366 e. The molecule has 1 unspecified atom stereocenters. The van der Waals surface area contributed by atoms with Gasteiger partial charge in [-0.05, 0) is 37.8 Å². The van der Waals surface area contributed by atoms with E-state index < -0.39 is 11.9 Å². The molecule has 1 heterocycles. The minimum absolute atomic E-state index is 0.0201. The molecular formula is C12H12F3N3. The van der Waals surface area contributed by atoms with Gasteiger partial charge in [0.1, 0.15) is 17.6 Å². The normalized spacial score (nSPS) is 17.1. The second kappa shape index (κ2) is 4.48. The van der Waals surface area contributed by atoms with Crippen LogP contribution in [-0.4, -0.2) is 11.0 Å². The van der Waals surface area contributed by atoms with E-state index in [-0.39, 0.29) is 17.4 Å². The van der Waals surface area contributed by atoms with Gasteiger partial charge in [0.05, 0.1) is 5.56 Å². The molecule has 0 amide bonds. The van der Waals surface area contributed by atoms with Crippen LogP contribution < -0.4 is 5.32 Å². The van der Waals surface area contributed by atoms with Crippen molar-refractivity contribution in [2.24, 2.45) is 5.92 Å². The summed E-state index contributed by atoms with van der Waals surface area (Å²) in [4.78, 5) is 3.51. The Labute approximate surface area is 103 Å². The third-order valence-corrected chi connectivity index (χ3v) is 3.00. The van der Waals surface area contributed by atoms with Gasteiger partial charge < -0.3 is 5.32 Å². The van der Waals surface area contributed by atoms with Crippen LogP contribution in [0, 0.1) is 17.2 Å². The van der Waals surface area contributed by atoms with Gasteiger partial charge in [-0.25, -0.2) is 4.98 Å². The molecule has 1 aromatic rings. The Balaban J connectivity index is 2.27. The van der Waals surface area contributed by atoms with Crippen molar-refractivity contribution >= 4 is 5.82 Å². The number of pyridine rings is 1. The summed E-state index contributed by atoms with van der Waals surface area (Å²) < 4.78 is 37.6. The molecule has 0 saturated heterocycles. The third kappa shape index (κ3) is 2.73. The number of nitrogens with one attached hydrogen (secondary N) is 1. The van der Waals surface area contributed by atoms with E-state index in [1.54, 1.807) is 0 Å². The van der Waals surface area contributed by atoms with Gasteiger partial charge in [0, 0.05) is 6.04 Å². The van der Waals surface area contributed by atoms with Gasteiger partial charge in [-0.3, -0.25) is 0 Å². The van der Waals surface area contributed by atoms with Crippen molar-refractivity contribution in [1.82, 2.24) is 4.98 Å². The molecule has 1 saturated carbocycles. The highest BCUT2D eigenvalue weighted by atomic mass is 19.4. The van der Waals surface area contributed by atoms with E-state index in [0.717, 1.165) is 25.0 Å². The molecule has 0 bridgehead atoms. The summed E-state index contributed by atoms with van der Waals surface area (Å²) in [5.41, 5.74) is -0.845. The second-order valence-electron chi connectivity index (χ2n) is 4.47. The van der Waals surface area contributed by atoms with Crippen LogP contribution in [0.4, 0.5) is 19.0 Å². The average molecular weight is 255 g/mol. The van der Waals surface area contributed by atoms with Crippen molar-refractivity contribution in [3.05, 3.63) is 23.4 Å². The highest BCUT2D eigenvalue weighted by Gasteiger charge is 2.34. The molecule has 1 aliphatic carbocycles. The molecule has 0 aromatic carbocycles. The number of halogens is 3. The number of anilines is 1. The zero-order valence-electron chi connectivity index (χ0n) is 9.75. The molecule has 6 heteroatoms. The predicted octanol–water partition coefficient (Wildman–Crippen LogP) is 3.18. The van der Waals surface area contributed by atoms with Crippen molar-refractivity contribution in [3.63, 3.8) is 0 Å². The lowest BCUT2D eigenvalue weighted by atomic mass is 10.2. The lowest BCUT2D eigenvalue weighted by molar-refractivity contribution is -0.141. The molecule has 18 heavy (non-hydrogen) atoms. The number of nitriles is 1. The molecule has 0 radical (unpaired) electrons. The van der Waals surface area contributed by atoms with Crippen LogP contribution >= 0.6 is 0 Å². The summed E-state index contributed by atoms with van der Waals surface area (Å²) in [6, 6.07) is 3.86. The standard InChI is InChI=1S/C12H12F3N3/c1-7(8-2-3-8)17-11-9(6-16)4-5-10(18-11)12(13,14)15/h4-5,7-8H,2-3H2,1H3,(H,17,18). The van der Waals surface area contributed by atoms with E-state index in [4.69, 9.17) is 5.26 Å². The Morgan fingerprint density at radius 3 is 2.61 bits per heavy atom. The Morgan fingerprint density at radius 1 is 1.44 bits per heavy atom. The third-order valence-electron chi connectivity index (χ3n) is 3.00. The fourth-order valence-electron chi connectivity index (χ4n) is 1.75. The van der Waals surface area contributed by atoms with E-state index in [1.807, 2.05) is 13.0 Å². The molecule has 0 aliphatic heterocycles. The summed E-state index contributed by atoms with van der Waals surface area (Å²) in [5, 5.41) is 11.8. The quantitative estimate of drug-likeness (QED) is 0.902. The molecule has 1 aliphatic rings. The van der Waals surface area contributed by atoms with Gasteiger partial charge in [0.2, 0.25) is 0 Å². The first-order valence-electron chi connectivity index (χ1n) is 5.66. The molecule has 0 spiro atoms. The Kier molecular flexibility index (Phi) is 3.16. The molecule has 2 rings (SSSR count). The molecule has 96 valence electrons. The fraction of sp³-hybridized carbons (Fsp3) is 0.500. The Hall–Kier alpha value is -1.77. The lowest BCUT2D eigenvalue weighted by Gasteiger charge is -2.16. The minimum atomic E-state index is -4.49. The predicted molar refractivity (Wildman–Crippen MR) is 59.8 cm³/mol. The number of rotatable bonds is 3. The number of hydrogen-bond donors (Lipinski definition) is 1. The van der Waals surface area contributed by atoms with E-state index >= 15 is 0 Å². The van der Waals surface area contributed by atoms with Crippen LogP contribution in [0.3, 0.4) is 0 Å². The highest BCUT2D eigenvalue weighted by molar-refractivity contribution is 5.53. The molecule has 3 nitrogen and oxygen atoms in total. The molecule has 1 N–H and O–H groups in total. The second-order valence-corrected chi connectivity index (χ2v) is 4.47. The maximum absolute atomic E-state index is 12.5. The van der Waals surface area contributed by atoms with Crippen molar-refractivity contribution in [3.8, 4) is 6.07 Å². The lowest BCUT2D eigenvalue weighted by Crippen LogP contribution is -2.20. The molecule has 1 fully saturated rings. The van der Waals surface area contributed by atoms with E-state index in [1.165, 1.54) is 0 Å². The van der Waals surface area contributed by atoms with Gasteiger partial charge in [-0.1, -0.05) is 0 Å². The van der Waals surface area contributed by atoms with Gasteiger partial charge >= 0.3 is 6.18 Å². The van der Waals surface area contributed by atoms with Gasteiger partial charge in [0.25, 0.3) is 0 Å². The van der Waals surface area contributed by atoms with Crippen LogP contribution in [0.25, 0.3) is 0 Å². The first-order valence-corrected chi connectivity index (χ1v) is 5.66. The number of alkyl halides is 3. The first-order chi connectivity index (χ1) is 8.41. The molecule has 1 atom stereocenters. The molecule has 1 aromatic heterocycles. The zero-order valence-corrected chi connectivity index (χ0v) is 9.75. The maximum Gasteiger partial charge on any atom is 0.433 e.